The number of nitrogens with zero attached hydrogens (tertiary/aromatic N) is 3. The Morgan fingerprint density at radius 1 is 0.367 bits per heavy atom. The van der Waals surface area contributed by atoms with Gasteiger partial charge in [0, 0.05) is 32.3 Å². The van der Waals surface area contributed by atoms with E-state index in [9.17, 15) is 0 Å². The van der Waals surface area contributed by atoms with Crippen molar-refractivity contribution in [3.8, 4) is 0 Å². The summed E-state index contributed by atoms with van der Waals surface area (Å²) in [7, 11) is 0. The quantitative estimate of drug-likeness (QED) is 0.214. The average Bonchev–Trinajstić information content (AvgIpc) is 2.81. The number of hydrogen-bond acceptors (Lipinski definition) is 3. The average molecular weight is 381 g/mol. The van der Waals surface area contributed by atoms with Crippen LogP contribution < -0.4 is 0 Å². The van der Waals surface area contributed by atoms with E-state index >= 15 is 0 Å². The Morgan fingerprint density at radius 3 is 1.00 bits per heavy atom. The Balaban J connectivity index is 1.82. The molecular weight excluding hydrogens is 366 g/mol. The summed E-state index contributed by atoms with van der Waals surface area (Å²) in [5.41, 5.74) is 5.82. The molecule has 0 N–H and O–H groups in total. The van der Waals surface area contributed by atoms with E-state index in [4.69, 9.17) is 15.0 Å². The zero-order valence-corrected chi connectivity index (χ0v) is 16.0. The van der Waals surface area contributed by atoms with E-state index in [1.54, 1.807) is 0 Å². The van der Waals surface area contributed by atoms with E-state index in [1.165, 1.54) is 0 Å². The summed E-state index contributed by atoms with van der Waals surface area (Å²) in [4.78, 5) is 15.2. The van der Waals surface area contributed by atoms with Crippen molar-refractivity contribution in [1.29, 1.82) is 0 Å². The third-order valence-electron chi connectivity index (χ3n) is 5.94. The van der Waals surface area contributed by atoms with Crippen molar-refractivity contribution in [2.45, 2.75) is 0 Å². The molecule has 0 saturated carbocycles. The van der Waals surface area contributed by atoms with Gasteiger partial charge in [0.25, 0.3) is 0 Å². The Hall–Kier alpha value is -4.11. The lowest BCUT2D eigenvalue weighted by Crippen LogP contribution is -1.93. The van der Waals surface area contributed by atoms with Crippen LogP contribution in [0.4, 0.5) is 0 Å². The lowest BCUT2D eigenvalue weighted by Gasteiger charge is -2.12. The number of fused-ring (bicyclic) bond motifs is 9. The van der Waals surface area contributed by atoms with Gasteiger partial charge in [0.1, 0.15) is 0 Å². The number of hydrogen-bond donors (Lipinski definition) is 0. The molecule has 4 aromatic carbocycles. The summed E-state index contributed by atoms with van der Waals surface area (Å²) in [6.45, 7) is 0. The Kier molecular flexibility index (Phi) is 3.00. The molecule has 0 aliphatic rings. The zero-order chi connectivity index (χ0) is 19.7. The molecule has 0 fully saturated rings. The van der Waals surface area contributed by atoms with Gasteiger partial charge in [-0.2, -0.15) is 0 Å². The molecule has 7 aromatic rings. The van der Waals surface area contributed by atoms with Crippen molar-refractivity contribution in [3.63, 3.8) is 0 Å². The van der Waals surface area contributed by atoms with Crippen LogP contribution in [0.1, 0.15) is 0 Å². The fourth-order valence-electron chi connectivity index (χ4n) is 4.51. The molecule has 138 valence electrons. The highest BCUT2D eigenvalue weighted by Gasteiger charge is 2.15. The van der Waals surface area contributed by atoms with E-state index in [-0.39, 0.29) is 0 Å². The minimum atomic E-state index is 0.956. The molecule has 3 nitrogen and oxygen atoms in total. The van der Waals surface area contributed by atoms with Gasteiger partial charge in [-0.3, -0.25) is 0 Å². The summed E-state index contributed by atoms with van der Waals surface area (Å²) >= 11 is 0. The summed E-state index contributed by atoms with van der Waals surface area (Å²) in [5, 5.41) is 6.56. The van der Waals surface area contributed by atoms with Crippen LogP contribution >= 0.6 is 0 Å². The highest BCUT2D eigenvalue weighted by molar-refractivity contribution is 6.25. The lowest BCUT2D eigenvalue weighted by atomic mass is 9.99. The van der Waals surface area contributed by atoms with Crippen molar-refractivity contribution in [3.05, 3.63) is 91.0 Å². The monoisotopic (exact) mass is 381 g/mol. The fourth-order valence-corrected chi connectivity index (χ4v) is 4.51. The first kappa shape index (κ1) is 15.8. The van der Waals surface area contributed by atoms with E-state index in [0.29, 0.717) is 0 Å². The van der Waals surface area contributed by atoms with Gasteiger partial charge >= 0.3 is 0 Å². The number of benzene rings is 4. The third-order valence-corrected chi connectivity index (χ3v) is 5.94. The van der Waals surface area contributed by atoms with Gasteiger partial charge in [-0.15, -0.1) is 0 Å². The fraction of sp³-hybridized carbons (Fsp3) is 0. The van der Waals surface area contributed by atoms with Crippen molar-refractivity contribution >= 4 is 65.4 Å². The maximum absolute atomic E-state index is 5.06. The molecule has 3 heterocycles. The van der Waals surface area contributed by atoms with Crippen LogP contribution in [0.2, 0.25) is 0 Å². The first-order valence-corrected chi connectivity index (χ1v) is 10.1. The molecule has 0 aliphatic carbocycles. The first-order valence-electron chi connectivity index (χ1n) is 10.1. The van der Waals surface area contributed by atoms with E-state index < -0.39 is 0 Å². The van der Waals surface area contributed by atoms with Gasteiger partial charge < -0.3 is 0 Å². The molecule has 3 heteroatoms. The van der Waals surface area contributed by atoms with E-state index in [0.717, 1.165) is 65.4 Å². The SMILES string of the molecule is c1ccc2nc3c4cc5ccccc5nc4c4cc5ccccc5nc4c3cc2c1. The molecule has 7 rings (SSSR count). The second kappa shape index (κ2) is 5.71. The van der Waals surface area contributed by atoms with Gasteiger partial charge in [-0.1, -0.05) is 54.6 Å². The smallest absolute Gasteiger partial charge is 0.0826 e. The molecule has 0 radical (unpaired) electrons. The van der Waals surface area contributed by atoms with Gasteiger partial charge in [-0.25, -0.2) is 15.0 Å². The summed E-state index contributed by atoms with van der Waals surface area (Å²) in [6.07, 6.45) is 0. The zero-order valence-electron chi connectivity index (χ0n) is 16.0. The largest absolute Gasteiger partial charge is 0.247 e. The van der Waals surface area contributed by atoms with Gasteiger partial charge in [-0.05, 0) is 36.4 Å². The molecular formula is C27H15N3. The van der Waals surface area contributed by atoms with Gasteiger partial charge in [0.2, 0.25) is 0 Å². The summed E-state index contributed by atoms with van der Waals surface area (Å²) in [5.74, 6) is 0. The van der Waals surface area contributed by atoms with Gasteiger partial charge in [0.05, 0.1) is 33.1 Å². The molecule has 0 unspecified atom stereocenters. The van der Waals surface area contributed by atoms with E-state index in [2.05, 4.69) is 72.8 Å². The molecule has 0 saturated heterocycles. The van der Waals surface area contributed by atoms with Crippen LogP contribution in [0.25, 0.3) is 65.4 Å². The molecule has 30 heavy (non-hydrogen) atoms. The minimum Gasteiger partial charge on any atom is -0.247 e. The Labute approximate surface area is 171 Å². The predicted octanol–water partition coefficient (Wildman–Crippen LogP) is 6.79. The molecule has 3 aromatic heterocycles. The van der Waals surface area contributed by atoms with Crippen molar-refractivity contribution < 1.29 is 0 Å². The Bertz CT molecular complexity index is 1430. The Morgan fingerprint density at radius 2 is 0.667 bits per heavy atom. The summed E-state index contributed by atoms with van der Waals surface area (Å²) in [6, 6.07) is 31.4. The highest BCUT2D eigenvalue weighted by atomic mass is 14.8. The number of rotatable bonds is 0. The van der Waals surface area contributed by atoms with Gasteiger partial charge in [0.15, 0.2) is 0 Å². The third kappa shape index (κ3) is 2.12. The molecule has 0 spiro atoms. The minimum absolute atomic E-state index is 0.956. The first-order chi connectivity index (χ1) is 14.8. The molecule has 0 atom stereocenters. The van der Waals surface area contributed by atoms with Crippen LogP contribution in [-0.2, 0) is 0 Å². The topological polar surface area (TPSA) is 38.7 Å². The van der Waals surface area contributed by atoms with Crippen LogP contribution in [-0.4, -0.2) is 15.0 Å². The highest BCUT2D eigenvalue weighted by Crippen LogP contribution is 2.36. The van der Waals surface area contributed by atoms with E-state index in [1.807, 2.05) is 18.2 Å². The summed E-state index contributed by atoms with van der Waals surface area (Å²) < 4.78 is 0. The standard InChI is InChI=1S/C27H15N3/c1-4-10-22-16(7-1)13-19-25(28-22)20-14-17-8-3-6-12-24(17)30-27(20)21-15-18-9-2-5-11-23(18)29-26(19)21/h1-15H. The lowest BCUT2D eigenvalue weighted by molar-refractivity contribution is 1.47. The number of para-hydroxylation sites is 3. The van der Waals surface area contributed by atoms with Crippen molar-refractivity contribution in [2.24, 2.45) is 0 Å². The normalized spacial score (nSPS) is 12.0. The van der Waals surface area contributed by atoms with Crippen LogP contribution in [0.15, 0.2) is 91.0 Å². The second-order valence-corrected chi connectivity index (χ2v) is 7.73. The van der Waals surface area contributed by atoms with Crippen LogP contribution in [0.5, 0.6) is 0 Å². The van der Waals surface area contributed by atoms with Crippen molar-refractivity contribution in [2.75, 3.05) is 0 Å². The second-order valence-electron chi connectivity index (χ2n) is 7.73. The van der Waals surface area contributed by atoms with Crippen molar-refractivity contribution in [1.82, 2.24) is 15.0 Å². The van der Waals surface area contributed by atoms with Crippen LogP contribution in [0.3, 0.4) is 0 Å². The van der Waals surface area contributed by atoms with Crippen LogP contribution in [0, 0.1) is 0 Å². The maximum atomic E-state index is 5.06. The molecule has 0 bridgehead atoms. The molecule has 0 aliphatic heterocycles. The number of pyridine rings is 3. The predicted molar refractivity (Wildman–Crippen MR) is 125 cm³/mol. The molecule has 0 amide bonds. The maximum Gasteiger partial charge on any atom is 0.0826 e. The number of aromatic nitrogens is 3.